The molecule has 0 aliphatic rings. The minimum Gasteiger partial charge on any atom is -0.461 e. The molecule has 0 fully saturated rings. The molecule has 2 aromatic carbocycles. The minimum atomic E-state index is -0.560. The van der Waals surface area contributed by atoms with E-state index in [4.69, 9.17) is 4.74 Å². The Bertz CT molecular complexity index is 942. The van der Waals surface area contributed by atoms with E-state index in [9.17, 15) is 9.59 Å². The van der Waals surface area contributed by atoms with Crippen molar-refractivity contribution in [3.8, 4) is 0 Å². The van der Waals surface area contributed by atoms with Crippen LogP contribution < -0.4 is 4.90 Å². The largest absolute Gasteiger partial charge is 0.461 e. The monoisotopic (exact) mass is 442 g/mol. The van der Waals surface area contributed by atoms with E-state index < -0.39 is 5.97 Å². The van der Waals surface area contributed by atoms with Crippen LogP contribution in [0.4, 0.5) is 5.69 Å². The lowest BCUT2D eigenvalue weighted by molar-refractivity contribution is -0.119. The number of rotatable bonds is 7. The van der Waals surface area contributed by atoms with Crippen molar-refractivity contribution in [2.75, 3.05) is 11.5 Å². The fourth-order valence-electron chi connectivity index (χ4n) is 2.61. The van der Waals surface area contributed by atoms with Crippen LogP contribution in [0.25, 0.3) is 0 Å². The molecule has 0 aliphatic carbocycles. The molecule has 1 aromatic heterocycles. The number of amides is 1. The Hall–Kier alpha value is -3.00. The standard InChI is InChI=1S/C20H19BrN4O3/c1-2-28-20(27)18-13-24(23-22-18)14-19(26)25(12-15-6-4-3-5-7-15)17-10-8-16(21)9-11-17/h3-11,13H,2,12,14H2,1H3. The summed E-state index contributed by atoms with van der Waals surface area (Å²) in [4.78, 5) is 26.4. The quantitative estimate of drug-likeness (QED) is 0.523. The van der Waals surface area contributed by atoms with Crippen LogP contribution in [-0.4, -0.2) is 33.5 Å². The molecule has 0 aliphatic heterocycles. The maximum Gasteiger partial charge on any atom is 0.360 e. The van der Waals surface area contributed by atoms with Crippen molar-refractivity contribution in [2.24, 2.45) is 0 Å². The number of carbonyl (C=O) groups is 2. The second kappa shape index (κ2) is 9.27. The molecule has 0 atom stereocenters. The highest BCUT2D eigenvalue weighted by Crippen LogP contribution is 2.21. The molecule has 0 saturated heterocycles. The van der Waals surface area contributed by atoms with Crippen molar-refractivity contribution in [2.45, 2.75) is 20.0 Å². The predicted molar refractivity (Wildman–Crippen MR) is 108 cm³/mol. The fraction of sp³-hybridized carbons (Fsp3) is 0.200. The molecule has 0 spiro atoms. The van der Waals surface area contributed by atoms with Crippen molar-refractivity contribution in [1.29, 1.82) is 0 Å². The van der Waals surface area contributed by atoms with E-state index in [1.807, 2.05) is 54.6 Å². The van der Waals surface area contributed by atoms with Crippen LogP contribution in [0.2, 0.25) is 0 Å². The molecule has 1 amide bonds. The maximum atomic E-state index is 13.0. The Kier molecular flexibility index (Phi) is 6.54. The molecule has 0 N–H and O–H groups in total. The first-order valence-corrected chi connectivity index (χ1v) is 9.53. The van der Waals surface area contributed by atoms with Crippen LogP contribution in [0.1, 0.15) is 23.0 Å². The fourth-order valence-corrected chi connectivity index (χ4v) is 2.87. The van der Waals surface area contributed by atoms with E-state index in [0.29, 0.717) is 6.54 Å². The molecule has 144 valence electrons. The van der Waals surface area contributed by atoms with E-state index in [1.165, 1.54) is 10.9 Å². The van der Waals surface area contributed by atoms with Crippen molar-refractivity contribution in [1.82, 2.24) is 15.0 Å². The second-order valence-electron chi connectivity index (χ2n) is 5.96. The van der Waals surface area contributed by atoms with Crippen LogP contribution in [-0.2, 0) is 22.6 Å². The zero-order chi connectivity index (χ0) is 19.9. The van der Waals surface area contributed by atoms with Gasteiger partial charge in [-0.2, -0.15) is 0 Å². The number of carbonyl (C=O) groups excluding carboxylic acids is 2. The van der Waals surface area contributed by atoms with Crippen molar-refractivity contribution in [3.63, 3.8) is 0 Å². The number of aromatic nitrogens is 3. The summed E-state index contributed by atoms with van der Waals surface area (Å²) < 4.78 is 7.17. The number of nitrogens with zero attached hydrogens (tertiary/aromatic N) is 4. The molecule has 3 aromatic rings. The van der Waals surface area contributed by atoms with Gasteiger partial charge in [0.1, 0.15) is 6.54 Å². The first-order chi connectivity index (χ1) is 13.6. The summed E-state index contributed by atoms with van der Waals surface area (Å²) in [6.45, 7) is 2.33. The third-order valence-corrected chi connectivity index (χ3v) is 4.47. The average Bonchev–Trinajstić information content (AvgIpc) is 3.16. The van der Waals surface area contributed by atoms with Crippen LogP contribution in [0.3, 0.4) is 0 Å². The van der Waals surface area contributed by atoms with Gasteiger partial charge in [-0.15, -0.1) is 5.10 Å². The Balaban J connectivity index is 1.80. The van der Waals surface area contributed by atoms with E-state index in [-0.39, 0.29) is 24.8 Å². The summed E-state index contributed by atoms with van der Waals surface area (Å²) in [5.74, 6) is -0.735. The minimum absolute atomic E-state index is 0.0463. The van der Waals surface area contributed by atoms with Gasteiger partial charge in [-0.25, -0.2) is 9.48 Å². The van der Waals surface area contributed by atoms with Crippen LogP contribution in [0.15, 0.2) is 65.3 Å². The van der Waals surface area contributed by atoms with E-state index >= 15 is 0 Å². The Morgan fingerprint density at radius 1 is 1.11 bits per heavy atom. The molecule has 0 unspecified atom stereocenters. The zero-order valence-corrected chi connectivity index (χ0v) is 16.9. The molecule has 0 saturated carbocycles. The lowest BCUT2D eigenvalue weighted by Gasteiger charge is -2.23. The van der Waals surface area contributed by atoms with Gasteiger partial charge in [-0.1, -0.05) is 51.5 Å². The van der Waals surface area contributed by atoms with Gasteiger partial charge in [0.15, 0.2) is 5.69 Å². The van der Waals surface area contributed by atoms with Crippen molar-refractivity contribution in [3.05, 3.63) is 76.5 Å². The highest BCUT2D eigenvalue weighted by Gasteiger charge is 2.19. The molecule has 8 heteroatoms. The highest BCUT2D eigenvalue weighted by molar-refractivity contribution is 9.10. The predicted octanol–water partition coefficient (Wildman–Crippen LogP) is 3.45. The van der Waals surface area contributed by atoms with Gasteiger partial charge >= 0.3 is 5.97 Å². The SMILES string of the molecule is CCOC(=O)c1cn(CC(=O)N(Cc2ccccc2)c2ccc(Br)cc2)nn1. The lowest BCUT2D eigenvalue weighted by Crippen LogP contribution is -2.33. The first-order valence-electron chi connectivity index (χ1n) is 8.74. The number of hydrogen-bond acceptors (Lipinski definition) is 5. The van der Waals surface area contributed by atoms with E-state index in [0.717, 1.165) is 15.7 Å². The number of hydrogen-bond donors (Lipinski definition) is 0. The number of ether oxygens (including phenoxy) is 1. The van der Waals surface area contributed by atoms with Gasteiger partial charge in [-0.3, -0.25) is 4.79 Å². The third-order valence-electron chi connectivity index (χ3n) is 3.94. The molecular weight excluding hydrogens is 424 g/mol. The summed E-state index contributed by atoms with van der Waals surface area (Å²) >= 11 is 3.41. The number of halogens is 1. The van der Waals surface area contributed by atoms with Gasteiger partial charge in [0.05, 0.1) is 19.3 Å². The molecule has 7 nitrogen and oxygen atoms in total. The van der Waals surface area contributed by atoms with Crippen LogP contribution in [0, 0.1) is 0 Å². The van der Waals surface area contributed by atoms with Crippen molar-refractivity contribution >= 4 is 33.5 Å². The Morgan fingerprint density at radius 3 is 2.50 bits per heavy atom. The van der Waals surface area contributed by atoms with Gasteiger partial charge < -0.3 is 9.64 Å². The topological polar surface area (TPSA) is 77.3 Å². The molecular formula is C20H19BrN4O3. The van der Waals surface area contributed by atoms with Crippen molar-refractivity contribution < 1.29 is 14.3 Å². The second-order valence-corrected chi connectivity index (χ2v) is 6.88. The summed E-state index contributed by atoms with van der Waals surface area (Å²) in [7, 11) is 0. The van der Waals surface area contributed by atoms with Crippen LogP contribution in [0.5, 0.6) is 0 Å². The first kappa shape index (κ1) is 19.8. The van der Waals surface area contributed by atoms with Gasteiger partial charge in [0, 0.05) is 10.2 Å². The zero-order valence-electron chi connectivity index (χ0n) is 15.3. The number of esters is 1. The maximum absolute atomic E-state index is 13.0. The lowest BCUT2D eigenvalue weighted by atomic mass is 10.2. The summed E-state index contributed by atoms with van der Waals surface area (Å²) in [5, 5.41) is 7.64. The van der Waals surface area contributed by atoms with Gasteiger partial charge in [0.25, 0.3) is 0 Å². The Labute approximate surface area is 171 Å². The normalized spacial score (nSPS) is 10.5. The molecule has 28 heavy (non-hydrogen) atoms. The number of benzene rings is 2. The smallest absolute Gasteiger partial charge is 0.360 e. The van der Waals surface area contributed by atoms with E-state index in [1.54, 1.807) is 11.8 Å². The Morgan fingerprint density at radius 2 is 1.82 bits per heavy atom. The van der Waals surface area contributed by atoms with Gasteiger partial charge in [-0.05, 0) is 36.8 Å². The molecule has 0 bridgehead atoms. The summed E-state index contributed by atoms with van der Waals surface area (Å²) in [6, 6.07) is 17.2. The number of anilines is 1. The average molecular weight is 443 g/mol. The van der Waals surface area contributed by atoms with Gasteiger partial charge in [0.2, 0.25) is 5.91 Å². The summed E-state index contributed by atoms with van der Waals surface area (Å²) in [6.07, 6.45) is 1.41. The highest BCUT2D eigenvalue weighted by atomic mass is 79.9. The molecule has 0 radical (unpaired) electrons. The summed E-state index contributed by atoms with van der Waals surface area (Å²) in [5.41, 5.74) is 1.85. The molecule has 1 heterocycles. The molecule has 3 rings (SSSR count). The third kappa shape index (κ3) is 5.04. The van der Waals surface area contributed by atoms with E-state index in [2.05, 4.69) is 26.2 Å². The van der Waals surface area contributed by atoms with Crippen LogP contribution >= 0.6 is 15.9 Å².